The fourth-order valence-electron chi connectivity index (χ4n) is 4.70. The van der Waals surface area contributed by atoms with E-state index in [4.69, 9.17) is 4.74 Å². The maximum atomic E-state index is 13.5. The normalized spacial score (nSPS) is 22.1. The number of hydrogen-bond donors (Lipinski definition) is 1. The van der Waals surface area contributed by atoms with Crippen molar-refractivity contribution in [1.29, 1.82) is 0 Å². The highest BCUT2D eigenvalue weighted by molar-refractivity contribution is 6.08. The average Bonchev–Trinajstić information content (AvgIpc) is 3.33. The first-order valence-electron chi connectivity index (χ1n) is 9.77. The molecule has 2 aliphatic rings. The SMILES string of the molecule is COc1ccc(C(=O)N2CCC3(C(=O)Nc4ccccc43)C2c2cccnc2)cn1. The van der Waals surface area contributed by atoms with Crippen molar-refractivity contribution < 1.29 is 14.3 Å². The molecule has 2 aromatic heterocycles. The van der Waals surface area contributed by atoms with Crippen molar-refractivity contribution in [3.05, 3.63) is 83.8 Å². The molecule has 1 aromatic carbocycles. The van der Waals surface area contributed by atoms with Crippen molar-refractivity contribution >= 4 is 17.5 Å². The predicted octanol–water partition coefficient (Wildman–Crippen LogP) is 2.96. The lowest BCUT2D eigenvalue weighted by molar-refractivity contribution is -0.121. The van der Waals surface area contributed by atoms with E-state index >= 15 is 0 Å². The zero-order valence-electron chi connectivity index (χ0n) is 16.4. The van der Waals surface area contributed by atoms with Gasteiger partial charge >= 0.3 is 0 Å². The number of methoxy groups -OCH3 is 1. The minimum Gasteiger partial charge on any atom is -0.481 e. The van der Waals surface area contributed by atoms with E-state index in [1.54, 1.807) is 29.4 Å². The molecule has 1 N–H and O–H groups in total. The minimum atomic E-state index is -0.852. The number of nitrogens with one attached hydrogen (secondary N) is 1. The van der Waals surface area contributed by atoms with Crippen LogP contribution < -0.4 is 10.1 Å². The Bertz CT molecular complexity index is 1120. The van der Waals surface area contributed by atoms with Crippen molar-refractivity contribution in [2.75, 3.05) is 19.0 Å². The molecule has 150 valence electrons. The lowest BCUT2D eigenvalue weighted by atomic mass is 9.73. The number of fused-ring (bicyclic) bond motifs is 2. The topological polar surface area (TPSA) is 84.4 Å². The molecular formula is C23H20N4O3. The first-order valence-corrected chi connectivity index (χ1v) is 9.77. The van der Waals surface area contributed by atoms with Gasteiger partial charge in [0, 0.05) is 36.9 Å². The standard InChI is InChI=1S/C23H20N4O3/c1-30-19-9-8-16(14-25-19)21(28)27-12-10-23(20(27)15-5-4-11-24-13-15)17-6-2-3-7-18(17)26-22(23)29/h2-9,11,13-14,20H,10,12H2,1H3,(H,26,29). The lowest BCUT2D eigenvalue weighted by Crippen LogP contribution is -2.42. The van der Waals surface area contributed by atoms with Crippen LogP contribution in [0.5, 0.6) is 5.88 Å². The number of ether oxygens (including phenoxy) is 1. The van der Waals surface area contributed by atoms with E-state index in [2.05, 4.69) is 15.3 Å². The molecule has 1 fully saturated rings. The molecule has 1 spiro atoms. The Morgan fingerprint density at radius 2 is 2.03 bits per heavy atom. The Kier molecular flexibility index (Phi) is 4.24. The Morgan fingerprint density at radius 3 is 2.77 bits per heavy atom. The second kappa shape index (κ2) is 6.95. The van der Waals surface area contributed by atoms with Crippen LogP contribution in [0, 0.1) is 0 Å². The summed E-state index contributed by atoms with van der Waals surface area (Å²) in [6.45, 7) is 0.451. The van der Waals surface area contributed by atoms with E-state index in [0.717, 1.165) is 16.8 Å². The van der Waals surface area contributed by atoms with Gasteiger partial charge in [0.15, 0.2) is 0 Å². The summed E-state index contributed by atoms with van der Waals surface area (Å²) < 4.78 is 5.10. The van der Waals surface area contributed by atoms with Crippen molar-refractivity contribution in [1.82, 2.24) is 14.9 Å². The maximum absolute atomic E-state index is 13.5. The first-order chi connectivity index (χ1) is 14.6. The molecular weight excluding hydrogens is 380 g/mol. The molecule has 3 aromatic rings. The van der Waals surface area contributed by atoms with E-state index in [0.29, 0.717) is 24.4 Å². The van der Waals surface area contributed by atoms with Gasteiger partial charge in [0.25, 0.3) is 5.91 Å². The molecule has 2 amide bonds. The summed E-state index contributed by atoms with van der Waals surface area (Å²) in [7, 11) is 1.53. The zero-order valence-corrected chi connectivity index (χ0v) is 16.4. The molecule has 2 unspecified atom stereocenters. The number of para-hydroxylation sites is 1. The van der Waals surface area contributed by atoms with Crippen LogP contribution in [0.15, 0.2) is 67.1 Å². The van der Waals surface area contributed by atoms with Crippen LogP contribution in [-0.2, 0) is 10.2 Å². The van der Waals surface area contributed by atoms with Gasteiger partial charge in [-0.25, -0.2) is 4.98 Å². The van der Waals surface area contributed by atoms with Gasteiger partial charge in [-0.3, -0.25) is 14.6 Å². The number of carbonyl (C=O) groups excluding carboxylic acids is 2. The average molecular weight is 400 g/mol. The third-order valence-corrected chi connectivity index (χ3v) is 6.04. The number of aromatic nitrogens is 2. The smallest absolute Gasteiger partial charge is 0.255 e. The summed E-state index contributed by atoms with van der Waals surface area (Å²) in [5.74, 6) is 0.186. The van der Waals surface area contributed by atoms with Crippen LogP contribution in [0.3, 0.4) is 0 Å². The molecule has 0 bridgehead atoms. The van der Waals surface area contributed by atoms with Crippen LogP contribution in [0.25, 0.3) is 0 Å². The van der Waals surface area contributed by atoms with Crippen LogP contribution in [-0.4, -0.2) is 40.3 Å². The van der Waals surface area contributed by atoms with E-state index in [9.17, 15) is 9.59 Å². The quantitative estimate of drug-likeness (QED) is 0.731. The van der Waals surface area contributed by atoms with Crippen LogP contribution >= 0.6 is 0 Å². The number of rotatable bonds is 3. The number of benzene rings is 1. The molecule has 2 atom stereocenters. The number of carbonyl (C=O) groups is 2. The van der Waals surface area contributed by atoms with Gasteiger partial charge in [-0.05, 0) is 35.7 Å². The monoisotopic (exact) mass is 400 g/mol. The highest BCUT2D eigenvalue weighted by Gasteiger charge is 2.59. The fourth-order valence-corrected chi connectivity index (χ4v) is 4.70. The van der Waals surface area contributed by atoms with Gasteiger partial charge in [-0.1, -0.05) is 24.3 Å². The number of amides is 2. The molecule has 0 radical (unpaired) electrons. The molecule has 5 rings (SSSR count). The summed E-state index contributed by atoms with van der Waals surface area (Å²) in [4.78, 5) is 37.0. The molecule has 0 aliphatic carbocycles. The highest BCUT2D eigenvalue weighted by Crippen LogP contribution is 2.54. The number of likely N-dealkylation sites (tertiary alicyclic amines) is 1. The zero-order chi connectivity index (χ0) is 20.7. The Morgan fingerprint density at radius 1 is 1.17 bits per heavy atom. The predicted molar refractivity (Wildman–Crippen MR) is 110 cm³/mol. The Labute approximate surface area is 173 Å². The molecule has 2 aliphatic heterocycles. The number of pyridine rings is 2. The first kappa shape index (κ1) is 18.3. The van der Waals surface area contributed by atoms with Crippen LogP contribution in [0.1, 0.15) is 33.9 Å². The second-order valence-corrected chi connectivity index (χ2v) is 7.50. The van der Waals surface area contributed by atoms with Gasteiger partial charge in [0.1, 0.15) is 5.41 Å². The van der Waals surface area contributed by atoms with Gasteiger partial charge in [0.05, 0.1) is 18.7 Å². The largest absolute Gasteiger partial charge is 0.481 e. The van der Waals surface area contributed by atoms with Gasteiger partial charge in [-0.15, -0.1) is 0 Å². The Hall–Kier alpha value is -3.74. The lowest BCUT2D eigenvalue weighted by Gasteiger charge is -2.34. The van der Waals surface area contributed by atoms with E-state index in [-0.39, 0.29) is 11.8 Å². The van der Waals surface area contributed by atoms with E-state index < -0.39 is 11.5 Å². The maximum Gasteiger partial charge on any atom is 0.255 e. The summed E-state index contributed by atoms with van der Waals surface area (Å²) in [6, 6.07) is 14.3. The van der Waals surface area contributed by atoms with Crippen molar-refractivity contribution in [3.63, 3.8) is 0 Å². The summed E-state index contributed by atoms with van der Waals surface area (Å²) in [5, 5.41) is 3.02. The van der Waals surface area contributed by atoms with E-state index in [1.807, 2.05) is 36.4 Å². The molecule has 7 heteroatoms. The molecule has 7 nitrogen and oxygen atoms in total. The second-order valence-electron chi connectivity index (χ2n) is 7.50. The van der Waals surface area contributed by atoms with E-state index in [1.165, 1.54) is 13.3 Å². The highest BCUT2D eigenvalue weighted by atomic mass is 16.5. The van der Waals surface area contributed by atoms with Crippen molar-refractivity contribution in [2.45, 2.75) is 17.9 Å². The summed E-state index contributed by atoms with van der Waals surface area (Å²) in [6.07, 6.45) is 5.46. The third-order valence-electron chi connectivity index (χ3n) is 6.04. The summed E-state index contributed by atoms with van der Waals surface area (Å²) >= 11 is 0. The summed E-state index contributed by atoms with van der Waals surface area (Å²) in [5.41, 5.74) is 2.16. The molecule has 0 saturated carbocycles. The fraction of sp³-hybridized carbons (Fsp3) is 0.217. The molecule has 4 heterocycles. The third kappa shape index (κ3) is 2.58. The molecule has 30 heavy (non-hydrogen) atoms. The Balaban J connectivity index is 1.63. The van der Waals surface area contributed by atoms with Gasteiger partial charge in [-0.2, -0.15) is 0 Å². The number of nitrogens with zero attached hydrogens (tertiary/aromatic N) is 3. The van der Waals surface area contributed by atoms with Crippen LogP contribution in [0.2, 0.25) is 0 Å². The van der Waals surface area contributed by atoms with Gasteiger partial charge < -0.3 is 15.0 Å². The minimum absolute atomic E-state index is 0.0827. The van der Waals surface area contributed by atoms with Crippen molar-refractivity contribution in [3.8, 4) is 5.88 Å². The van der Waals surface area contributed by atoms with Crippen LogP contribution in [0.4, 0.5) is 5.69 Å². The number of hydrogen-bond acceptors (Lipinski definition) is 5. The van der Waals surface area contributed by atoms with Crippen molar-refractivity contribution in [2.24, 2.45) is 0 Å². The molecule has 1 saturated heterocycles. The number of anilines is 1. The van der Waals surface area contributed by atoms with Gasteiger partial charge in [0.2, 0.25) is 11.8 Å².